The zero-order chi connectivity index (χ0) is 14.7. The van der Waals surface area contributed by atoms with Gasteiger partial charge in [0.1, 0.15) is 0 Å². The van der Waals surface area contributed by atoms with Gasteiger partial charge in [0.25, 0.3) is 0 Å². The van der Waals surface area contributed by atoms with Gasteiger partial charge in [0, 0.05) is 7.11 Å². The molecule has 0 heterocycles. The average Bonchev–Trinajstić information content (AvgIpc) is 2.36. The number of carboxylic acid groups (broad SMARTS) is 1. The lowest BCUT2D eigenvalue weighted by Crippen LogP contribution is -2.50. The molecule has 0 fully saturated rings. The number of carbonyl (C=O) groups is 1. The summed E-state index contributed by atoms with van der Waals surface area (Å²) in [6, 6.07) is 6.68. The van der Waals surface area contributed by atoms with Crippen molar-refractivity contribution in [3.8, 4) is 0 Å². The van der Waals surface area contributed by atoms with Crippen LogP contribution in [-0.4, -0.2) is 36.9 Å². The molecule has 0 amide bonds. The summed E-state index contributed by atoms with van der Waals surface area (Å²) in [4.78, 5) is 10.8. The molecule has 0 aromatic heterocycles. The quantitative estimate of drug-likeness (QED) is 0.792. The second-order valence-electron chi connectivity index (χ2n) is 5.52. The number of ether oxygens (including phenoxy) is 1. The second-order valence-corrected chi connectivity index (χ2v) is 5.52. The van der Waals surface area contributed by atoms with Crippen molar-refractivity contribution in [2.75, 3.05) is 7.11 Å². The van der Waals surface area contributed by atoms with Gasteiger partial charge >= 0.3 is 13.5 Å². The van der Waals surface area contributed by atoms with Crippen LogP contribution in [0.2, 0.25) is 0 Å². The van der Waals surface area contributed by atoms with Gasteiger partial charge in [0.15, 0.2) is 0 Å². The van der Waals surface area contributed by atoms with Gasteiger partial charge in [-0.15, -0.1) is 0 Å². The molecule has 0 bridgehead atoms. The Morgan fingerprint density at radius 3 is 2.05 bits per heavy atom. The van der Waals surface area contributed by atoms with E-state index < -0.39 is 17.2 Å². The van der Waals surface area contributed by atoms with Crippen LogP contribution in [0.5, 0.6) is 0 Å². The summed E-state index contributed by atoms with van der Waals surface area (Å²) in [5.41, 5.74) is 0.353. The highest BCUT2D eigenvalue weighted by Crippen LogP contribution is 2.27. The van der Waals surface area contributed by atoms with Crippen LogP contribution in [0, 0.1) is 0 Å². The number of hydrogen-bond donors (Lipinski definition) is 1. The molecule has 1 N–H and O–H groups in total. The average molecular weight is 264 g/mol. The van der Waals surface area contributed by atoms with E-state index in [2.05, 4.69) is 0 Å². The van der Waals surface area contributed by atoms with E-state index in [1.54, 1.807) is 31.4 Å². The number of hydrogen-bond acceptors (Lipinski definition) is 3. The molecule has 0 unspecified atom stereocenters. The normalized spacial score (nSPS) is 12.3. The van der Waals surface area contributed by atoms with Crippen LogP contribution in [0.15, 0.2) is 24.3 Å². The summed E-state index contributed by atoms with van der Waals surface area (Å²) < 4.78 is 11.3. The molecule has 0 atom stereocenters. The van der Waals surface area contributed by atoms with Crippen LogP contribution >= 0.6 is 0 Å². The van der Waals surface area contributed by atoms with E-state index in [4.69, 9.17) is 14.5 Å². The zero-order valence-electron chi connectivity index (χ0n) is 12.2. The van der Waals surface area contributed by atoms with Crippen molar-refractivity contribution in [1.29, 1.82) is 0 Å². The summed E-state index contributed by atoms with van der Waals surface area (Å²) in [7, 11) is 2.08. The Morgan fingerprint density at radius 2 is 1.63 bits per heavy atom. The largest absolute Gasteiger partial charge is 0.478 e. The first-order chi connectivity index (χ1) is 8.69. The molecule has 1 rings (SSSR count). The molecule has 0 spiro atoms. The minimum atomic E-state index is -0.923. The fourth-order valence-corrected chi connectivity index (χ4v) is 1.43. The van der Waals surface area contributed by atoms with Gasteiger partial charge in [-0.05, 0) is 39.8 Å². The Balaban J connectivity index is 2.69. The summed E-state index contributed by atoms with van der Waals surface area (Å²) in [6.07, 6.45) is 0. The van der Waals surface area contributed by atoms with Crippen molar-refractivity contribution in [3.05, 3.63) is 29.8 Å². The molecule has 0 radical (unpaired) electrons. The molecule has 1 aromatic carbocycles. The highest BCUT2D eigenvalue weighted by atomic mass is 16.5. The molecule has 4 nitrogen and oxygen atoms in total. The van der Waals surface area contributed by atoms with Gasteiger partial charge in [-0.3, -0.25) is 0 Å². The van der Waals surface area contributed by atoms with Crippen molar-refractivity contribution in [3.63, 3.8) is 0 Å². The molecule has 0 saturated heterocycles. The molecule has 19 heavy (non-hydrogen) atoms. The standard InChI is InChI=1S/C14H21BO4/c1-13(2,18-5)14(3,4)19-15-11-8-6-10(7-9-11)12(16)17/h6-9,15H,1-5H3,(H,16,17). The number of benzene rings is 1. The van der Waals surface area contributed by atoms with Gasteiger partial charge in [0.2, 0.25) is 0 Å². The van der Waals surface area contributed by atoms with E-state index in [0.717, 1.165) is 5.46 Å². The fourth-order valence-electron chi connectivity index (χ4n) is 1.43. The smallest absolute Gasteiger partial charge is 0.335 e. The summed E-state index contributed by atoms with van der Waals surface area (Å²) >= 11 is 0. The highest BCUT2D eigenvalue weighted by Gasteiger charge is 2.37. The van der Waals surface area contributed by atoms with Crippen LogP contribution < -0.4 is 5.46 Å². The first-order valence-electron chi connectivity index (χ1n) is 6.21. The predicted molar refractivity (Wildman–Crippen MR) is 76.4 cm³/mol. The molecular weight excluding hydrogens is 243 g/mol. The van der Waals surface area contributed by atoms with Crippen molar-refractivity contribution in [2.24, 2.45) is 0 Å². The number of aromatic carboxylic acids is 1. The molecule has 1 aromatic rings. The van der Waals surface area contributed by atoms with Gasteiger partial charge in [-0.2, -0.15) is 0 Å². The van der Waals surface area contributed by atoms with Crippen molar-refractivity contribution in [2.45, 2.75) is 38.9 Å². The maximum Gasteiger partial charge on any atom is 0.335 e. The number of carboxylic acids is 1. The van der Waals surface area contributed by atoms with E-state index >= 15 is 0 Å². The molecule has 5 heteroatoms. The summed E-state index contributed by atoms with van der Waals surface area (Å²) in [5, 5.41) is 8.83. The molecule has 0 aliphatic rings. The van der Waals surface area contributed by atoms with Crippen LogP contribution in [-0.2, 0) is 9.39 Å². The van der Waals surface area contributed by atoms with Gasteiger partial charge in [-0.1, -0.05) is 17.6 Å². The van der Waals surface area contributed by atoms with Crippen LogP contribution in [0.1, 0.15) is 38.1 Å². The Morgan fingerprint density at radius 1 is 1.11 bits per heavy atom. The Labute approximate surface area is 115 Å². The lowest BCUT2D eigenvalue weighted by molar-refractivity contribution is -0.114. The van der Waals surface area contributed by atoms with E-state index in [1.807, 2.05) is 27.7 Å². The Kier molecular flexibility index (Phi) is 4.77. The van der Waals surface area contributed by atoms with Crippen LogP contribution in [0.3, 0.4) is 0 Å². The summed E-state index contributed by atoms with van der Waals surface area (Å²) in [6.45, 7) is 7.89. The first-order valence-corrected chi connectivity index (χ1v) is 6.21. The molecule has 0 aliphatic carbocycles. The zero-order valence-corrected chi connectivity index (χ0v) is 12.2. The maximum atomic E-state index is 10.8. The molecular formula is C14H21BO4. The van der Waals surface area contributed by atoms with E-state index in [9.17, 15) is 4.79 Å². The predicted octanol–water partition coefficient (Wildman–Crippen LogP) is 1.58. The Hall–Kier alpha value is -1.33. The fraction of sp³-hybridized carbons (Fsp3) is 0.500. The minimum Gasteiger partial charge on any atom is -0.478 e. The first kappa shape index (κ1) is 15.7. The third-order valence-electron chi connectivity index (χ3n) is 3.76. The highest BCUT2D eigenvalue weighted by molar-refractivity contribution is 6.47. The molecule has 0 saturated carbocycles. The molecule has 0 aliphatic heterocycles. The van der Waals surface area contributed by atoms with Crippen molar-refractivity contribution >= 4 is 18.9 Å². The minimum absolute atomic E-state index is 0.278. The lowest BCUT2D eigenvalue weighted by atomic mass is 9.82. The maximum absolute atomic E-state index is 10.8. The van der Waals surface area contributed by atoms with E-state index in [-0.39, 0.29) is 5.56 Å². The summed E-state index contributed by atoms with van der Waals surface area (Å²) in [5.74, 6) is -0.923. The van der Waals surface area contributed by atoms with E-state index in [1.165, 1.54) is 0 Å². The van der Waals surface area contributed by atoms with E-state index in [0.29, 0.717) is 7.48 Å². The van der Waals surface area contributed by atoms with Gasteiger partial charge in [0.05, 0.1) is 16.8 Å². The van der Waals surface area contributed by atoms with Gasteiger partial charge < -0.3 is 14.5 Å². The number of methoxy groups -OCH3 is 1. The number of rotatable bonds is 6. The molecule has 104 valence electrons. The van der Waals surface area contributed by atoms with Crippen LogP contribution in [0.4, 0.5) is 0 Å². The van der Waals surface area contributed by atoms with Crippen LogP contribution in [0.25, 0.3) is 0 Å². The monoisotopic (exact) mass is 264 g/mol. The van der Waals surface area contributed by atoms with Crippen molar-refractivity contribution in [1.82, 2.24) is 0 Å². The second kappa shape index (κ2) is 5.76. The van der Waals surface area contributed by atoms with Gasteiger partial charge in [-0.25, -0.2) is 4.79 Å². The van der Waals surface area contributed by atoms with Crippen molar-refractivity contribution < 1.29 is 19.3 Å². The third-order valence-corrected chi connectivity index (χ3v) is 3.76. The third kappa shape index (κ3) is 3.82. The SMILES string of the molecule is COC(C)(C)C(C)(C)OBc1ccc(C(=O)O)cc1. The topological polar surface area (TPSA) is 55.8 Å². The lowest BCUT2D eigenvalue weighted by Gasteiger charge is -2.40. The Bertz CT molecular complexity index is 437.